The van der Waals surface area contributed by atoms with E-state index in [1.165, 1.54) is 12.8 Å². The Balaban J connectivity index is 1.09. The summed E-state index contributed by atoms with van der Waals surface area (Å²) in [6, 6.07) is 1.02. The monoisotopic (exact) mass is 1050 g/mol. The summed E-state index contributed by atoms with van der Waals surface area (Å²) in [4.78, 5) is 28.2. The van der Waals surface area contributed by atoms with Crippen LogP contribution in [0.2, 0.25) is 57.9 Å². The molecule has 3 saturated heterocycles. The molecule has 6 bridgehead atoms. The van der Waals surface area contributed by atoms with Crippen molar-refractivity contribution in [2.45, 2.75) is 257 Å². The van der Waals surface area contributed by atoms with Crippen molar-refractivity contribution in [1.29, 1.82) is 0 Å². The van der Waals surface area contributed by atoms with Crippen molar-refractivity contribution >= 4 is 69.9 Å². The van der Waals surface area contributed by atoms with Gasteiger partial charge in [0, 0.05) is 38.8 Å². The summed E-state index contributed by atoms with van der Waals surface area (Å²) in [6.07, 6.45) is 35.7. The van der Waals surface area contributed by atoms with Gasteiger partial charge >= 0.3 is 61.6 Å². The predicted molar refractivity (Wildman–Crippen MR) is 267 cm³/mol. The van der Waals surface area contributed by atoms with Gasteiger partial charge in [-0.25, -0.2) is 0 Å². The lowest BCUT2D eigenvalue weighted by Crippen LogP contribution is -2.85. The van der Waals surface area contributed by atoms with E-state index >= 15 is 0 Å². The fourth-order valence-electron chi connectivity index (χ4n) is 15.9. The Morgan fingerprint density at radius 3 is 1.11 bits per heavy atom. The van der Waals surface area contributed by atoms with Gasteiger partial charge in [-0.05, 0) is 140 Å². The molecule has 7 unspecified atom stereocenters. The zero-order valence-corrected chi connectivity index (χ0v) is 48.5. The molecule has 372 valence electrons. The number of hydrogen-bond acceptors (Lipinski definition) is 12. The molecule has 3 heterocycles. The van der Waals surface area contributed by atoms with Gasteiger partial charge in [0.2, 0.25) is 0 Å². The maximum Gasteiger partial charge on any atom is 0.486 e. The predicted octanol–water partition coefficient (Wildman–Crippen LogP) is 12.2. The number of rotatable bonds is 12. The molecule has 11 fully saturated rings. The van der Waals surface area contributed by atoms with Crippen LogP contribution < -0.4 is 0 Å². The first-order valence-corrected chi connectivity index (χ1v) is 43.8. The zero-order valence-electron chi connectivity index (χ0n) is 40.5. The van der Waals surface area contributed by atoms with Crippen molar-refractivity contribution < 1.29 is 50.7 Å². The minimum atomic E-state index is -4.31. The second kappa shape index (κ2) is 18.4. The molecule has 12 rings (SSSR count). The van der Waals surface area contributed by atoms with Gasteiger partial charge in [-0.3, -0.25) is 0 Å². The fraction of sp³-hybridized carbons (Fsp3) is 0.957. The molecule has 0 radical (unpaired) electrons. The second-order valence-corrected chi connectivity index (χ2v) is 51.0. The van der Waals surface area contributed by atoms with Gasteiger partial charge in [0.05, 0.1) is 0 Å². The lowest BCUT2D eigenvalue weighted by Gasteiger charge is -2.62. The number of allylic oxidation sites excluding steroid dienone is 2. The third-order valence-electron chi connectivity index (χ3n) is 19.5. The normalized spacial score (nSPS) is 47.1. The Labute approximate surface area is 405 Å². The molecule has 0 aromatic rings. The molecule has 3 aliphatic heterocycles. The Morgan fingerprint density at radius 2 is 0.758 bits per heavy atom. The summed E-state index contributed by atoms with van der Waals surface area (Å²) in [7, 11) is -31.6. The maximum atomic E-state index is 14.1. The molecular weight excluding hydrogens is 969 g/mol. The Kier molecular flexibility index (Phi) is 13.4. The SMILES string of the molecule is C[Si](C)(CCC1CC2C=CC1C2)O[Si]1(C2CCCC2)O[Si]2(C3CCCC3)O[Si](O)(C3CCCC3)O[Si]3(C4CCCC4)O[Si](O)(C4CCCC4)O[Si](C4CCCC4)(O1)O[Si](C1CCCC1)(O3)O2. The van der Waals surface area contributed by atoms with E-state index in [1.807, 2.05) is 0 Å². The number of fused-ring (bicyclic) bond motifs is 5. The quantitative estimate of drug-likeness (QED) is 0.142. The van der Waals surface area contributed by atoms with Crippen LogP contribution in [-0.2, 0) is 41.2 Å². The van der Waals surface area contributed by atoms with E-state index in [0.717, 1.165) is 198 Å². The van der Waals surface area contributed by atoms with E-state index < -0.39 is 69.9 Å². The summed E-state index contributed by atoms with van der Waals surface area (Å²) in [5, 5.41) is 0. The standard InChI is InChI=1S/C46H84O12Si8/c1-59(2,34-33-39-36-37-31-32-38(39)35-37)49-62(42-21-7-8-22-42)54-64(44-25-11-12-26-44)52-60(47,40-17-3-4-18-40)50-63(43-23-9-10-24-43)51-61(48,41-19-5-6-20-41)53-65(55-62,45-27-13-14-28-45)58-66(56-63,57-64)46-29-15-16-30-46/h31-32,37-48H,3-30,33-36H2,1-2H3. The molecule has 2 N–H and O–H groups in total. The van der Waals surface area contributed by atoms with Crippen molar-refractivity contribution in [3.63, 3.8) is 0 Å². The Bertz CT molecular complexity index is 1700. The second-order valence-electron chi connectivity index (χ2n) is 24.5. The highest BCUT2D eigenvalue weighted by Crippen LogP contribution is 2.63. The number of hydrogen-bond donors (Lipinski definition) is 2. The highest BCUT2D eigenvalue weighted by atomic mass is 28.6. The van der Waals surface area contributed by atoms with Gasteiger partial charge in [0.15, 0.2) is 8.32 Å². The van der Waals surface area contributed by atoms with Crippen molar-refractivity contribution in [3.05, 3.63) is 12.2 Å². The molecule has 20 heteroatoms. The summed E-state index contributed by atoms with van der Waals surface area (Å²) in [5.41, 5.74) is -0.602. The molecular formula is C46H84O12Si8. The fourth-order valence-corrected chi connectivity index (χ4v) is 64.7. The Hall–Kier alpha value is 0.995. The lowest BCUT2D eigenvalue weighted by molar-refractivity contribution is -0.00891. The molecule has 8 saturated carbocycles. The lowest BCUT2D eigenvalue weighted by atomic mass is 9.91. The van der Waals surface area contributed by atoms with Crippen LogP contribution in [0.1, 0.15) is 199 Å². The molecule has 9 aliphatic carbocycles. The summed E-state index contributed by atoms with van der Waals surface area (Å²) >= 11 is 0. The van der Waals surface area contributed by atoms with Gasteiger partial charge < -0.3 is 50.7 Å². The third kappa shape index (κ3) is 8.69. The zero-order chi connectivity index (χ0) is 44.9. The minimum Gasteiger partial charge on any atom is -0.416 e. The van der Waals surface area contributed by atoms with Crippen LogP contribution in [0, 0.1) is 17.8 Å². The Morgan fingerprint density at radius 1 is 0.424 bits per heavy atom. The van der Waals surface area contributed by atoms with Gasteiger partial charge in [-0.1, -0.05) is 108 Å². The van der Waals surface area contributed by atoms with Gasteiger partial charge in [0.25, 0.3) is 0 Å². The molecule has 0 aromatic carbocycles. The van der Waals surface area contributed by atoms with Gasteiger partial charge in [0.1, 0.15) is 0 Å². The van der Waals surface area contributed by atoms with Crippen LogP contribution in [0.15, 0.2) is 12.2 Å². The molecule has 12 nitrogen and oxygen atoms in total. The smallest absolute Gasteiger partial charge is 0.416 e. The summed E-state index contributed by atoms with van der Waals surface area (Å²) < 4.78 is 82.2. The first-order valence-electron chi connectivity index (χ1n) is 28.0. The largest absolute Gasteiger partial charge is 0.486 e. The van der Waals surface area contributed by atoms with E-state index in [-0.39, 0.29) is 38.8 Å². The maximum absolute atomic E-state index is 14.1. The molecule has 0 amide bonds. The van der Waals surface area contributed by atoms with Crippen molar-refractivity contribution in [2.24, 2.45) is 17.8 Å². The molecule has 0 aromatic heterocycles. The average Bonchev–Trinajstić information content (AvgIpc) is 4.15. The van der Waals surface area contributed by atoms with Gasteiger partial charge in [-0.15, -0.1) is 0 Å². The van der Waals surface area contributed by atoms with Crippen LogP contribution in [0.3, 0.4) is 0 Å². The van der Waals surface area contributed by atoms with Crippen molar-refractivity contribution in [1.82, 2.24) is 0 Å². The summed E-state index contributed by atoms with van der Waals surface area (Å²) in [6.45, 7) is 4.83. The molecule has 0 spiro atoms. The third-order valence-corrected chi connectivity index (χ3v) is 56.1. The summed E-state index contributed by atoms with van der Waals surface area (Å²) in [5.74, 6) is 2.11. The molecule has 7 atom stereocenters. The highest BCUT2D eigenvalue weighted by molar-refractivity contribution is 7.00. The van der Waals surface area contributed by atoms with Gasteiger partial charge in [-0.2, -0.15) is 0 Å². The minimum absolute atomic E-state index is 0.0133. The van der Waals surface area contributed by atoms with Crippen LogP contribution in [0.25, 0.3) is 0 Å². The van der Waals surface area contributed by atoms with Crippen LogP contribution in [-0.4, -0.2) is 79.5 Å². The van der Waals surface area contributed by atoms with E-state index in [2.05, 4.69) is 25.2 Å². The van der Waals surface area contributed by atoms with Crippen molar-refractivity contribution in [2.75, 3.05) is 0 Å². The molecule has 12 aliphatic rings. The van der Waals surface area contributed by atoms with Crippen LogP contribution in [0.5, 0.6) is 0 Å². The average molecular weight is 1050 g/mol. The topological polar surface area (TPSA) is 133 Å². The van der Waals surface area contributed by atoms with Crippen LogP contribution >= 0.6 is 0 Å². The van der Waals surface area contributed by atoms with E-state index in [0.29, 0.717) is 11.8 Å². The highest BCUT2D eigenvalue weighted by Gasteiger charge is 2.83. The van der Waals surface area contributed by atoms with Crippen molar-refractivity contribution in [3.8, 4) is 0 Å². The first-order chi connectivity index (χ1) is 31.9. The molecule has 66 heavy (non-hydrogen) atoms. The first kappa shape index (κ1) is 48.0. The van der Waals surface area contributed by atoms with E-state index in [4.69, 9.17) is 41.2 Å². The van der Waals surface area contributed by atoms with E-state index in [1.54, 1.807) is 0 Å². The van der Waals surface area contributed by atoms with Crippen LogP contribution in [0.4, 0.5) is 0 Å². The van der Waals surface area contributed by atoms with E-state index in [9.17, 15) is 9.59 Å².